The Labute approximate surface area is 150 Å². The van der Waals surface area contributed by atoms with Gasteiger partial charge in [0.15, 0.2) is 0 Å². The highest BCUT2D eigenvalue weighted by Gasteiger charge is 2.19. The Hall–Kier alpha value is -2.18. The lowest BCUT2D eigenvalue weighted by Gasteiger charge is -2.07. The van der Waals surface area contributed by atoms with Crippen LogP contribution in [0.1, 0.15) is 43.0 Å². The fourth-order valence-electron chi connectivity index (χ4n) is 2.50. The third kappa shape index (κ3) is 4.46. The molecule has 0 saturated heterocycles. The molecule has 6 heteroatoms. The van der Waals surface area contributed by atoms with Crippen LogP contribution in [0.2, 0.25) is 0 Å². The lowest BCUT2D eigenvalue weighted by molar-refractivity contribution is 0.169. The quantitative estimate of drug-likeness (QED) is 0.682. The minimum Gasteiger partial charge on any atom is -0.385 e. The first-order chi connectivity index (χ1) is 12.0. The Kier molecular flexibility index (Phi) is 5.50. The van der Waals surface area contributed by atoms with E-state index in [9.17, 15) is 9.50 Å². The van der Waals surface area contributed by atoms with Crippen LogP contribution in [-0.4, -0.2) is 20.1 Å². The second-order valence-electron chi connectivity index (χ2n) is 6.13. The van der Waals surface area contributed by atoms with Crippen LogP contribution >= 0.6 is 11.8 Å². The average molecular weight is 357 g/mol. The van der Waals surface area contributed by atoms with E-state index in [1.165, 1.54) is 23.9 Å². The number of pyridine rings is 1. The van der Waals surface area contributed by atoms with E-state index in [0.29, 0.717) is 12.2 Å². The summed E-state index contributed by atoms with van der Waals surface area (Å²) >= 11 is 1.42. The second kappa shape index (κ2) is 7.80. The van der Waals surface area contributed by atoms with Crippen LogP contribution in [-0.2, 0) is 6.42 Å². The van der Waals surface area contributed by atoms with Gasteiger partial charge in [-0.1, -0.05) is 37.7 Å². The van der Waals surface area contributed by atoms with E-state index in [4.69, 9.17) is 0 Å². The van der Waals surface area contributed by atoms with Gasteiger partial charge in [-0.05, 0) is 35.7 Å². The highest BCUT2D eigenvalue weighted by Crippen LogP contribution is 2.34. The summed E-state index contributed by atoms with van der Waals surface area (Å²) in [6.45, 7) is 4.09. The SMILES string of the molecule is CC(C)c1nc(C(O)Cc2cccnc2)[nH]c1Sc1cccc(F)c1. The topological polar surface area (TPSA) is 61.8 Å². The van der Waals surface area contributed by atoms with Crippen molar-refractivity contribution < 1.29 is 9.50 Å². The van der Waals surface area contributed by atoms with Crippen LogP contribution in [0.5, 0.6) is 0 Å². The van der Waals surface area contributed by atoms with Crippen LogP contribution < -0.4 is 0 Å². The minimum atomic E-state index is -0.747. The highest BCUT2D eigenvalue weighted by molar-refractivity contribution is 7.99. The van der Waals surface area contributed by atoms with Gasteiger partial charge in [0.1, 0.15) is 22.8 Å². The Morgan fingerprint density at radius 3 is 2.76 bits per heavy atom. The normalized spacial score (nSPS) is 12.5. The number of aliphatic hydroxyl groups excluding tert-OH is 1. The van der Waals surface area contributed by atoms with E-state index in [-0.39, 0.29) is 11.7 Å². The molecule has 0 aliphatic carbocycles. The molecule has 0 amide bonds. The van der Waals surface area contributed by atoms with Crippen molar-refractivity contribution in [3.63, 3.8) is 0 Å². The zero-order chi connectivity index (χ0) is 17.8. The molecule has 3 aromatic rings. The first-order valence-electron chi connectivity index (χ1n) is 8.13. The maximum absolute atomic E-state index is 13.4. The Bertz CT molecular complexity index is 836. The molecule has 130 valence electrons. The van der Waals surface area contributed by atoms with E-state index >= 15 is 0 Å². The van der Waals surface area contributed by atoms with Gasteiger partial charge in [0.25, 0.3) is 0 Å². The van der Waals surface area contributed by atoms with Crippen molar-refractivity contribution in [1.29, 1.82) is 0 Å². The van der Waals surface area contributed by atoms with E-state index in [1.807, 2.05) is 32.0 Å². The van der Waals surface area contributed by atoms with Crippen molar-refractivity contribution in [2.75, 3.05) is 0 Å². The van der Waals surface area contributed by atoms with Gasteiger partial charge in [-0.3, -0.25) is 4.98 Å². The minimum absolute atomic E-state index is 0.187. The van der Waals surface area contributed by atoms with Gasteiger partial charge in [-0.25, -0.2) is 9.37 Å². The Balaban J connectivity index is 1.84. The molecule has 0 radical (unpaired) electrons. The predicted octanol–water partition coefficient (Wildman–Crippen LogP) is 4.49. The van der Waals surface area contributed by atoms with Gasteiger partial charge in [-0.2, -0.15) is 0 Å². The van der Waals surface area contributed by atoms with Gasteiger partial charge in [0.05, 0.1) is 5.69 Å². The lowest BCUT2D eigenvalue weighted by atomic mass is 10.1. The largest absolute Gasteiger partial charge is 0.385 e. The van der Waals surface area contributed by atoms with Crippen LogP contribution in [0.15, 0.2) is 58.7 Å². The Morgan fingerprint density at radius 1 is 1.24 bits per heavy atom. The molecule has 0 aliphatic heterocycles. The number of imidazole rings is 1. The predicted molar refractivity (Wildman–Crippen MR) is 96.1 cm³/mol. The molecule has 25 heavy (non-hydrogen) atoms. The van der Waals surface area contributed by atoms with Crippen molar-refractivity contribution in [2.45, 2.75) is 42.2 Å². The molecule has 1 atom stereocenters. The third-order valence-corrected chi connectivity index (χ3v) is 4.75. The van der Waals surface area contributed by atoms with Crippen LogP contribution in [0.4, 0.5) is 4.39 Å². The van der Waals surface area contributed by atoms with E-state index in [1.54, 1.807) is 18.5 Å². The molecular weight excluding hydrogens is 337 g/mol. The highest BCUT2D eigenvalue weighted by atomic mass is 32.2. The number of H-pyrrole nitrogens is 1. The molecule has 1 aromatic carbocycles. The molecule has 2 heterocycles. The van der Waals surface area contributed by atoms with Crippen LogP contribution in [0.25, 0.3) is 0 Å². The van der Waals surface area contributed by atoms with Gasteiger partial charge in [0, 0.05) is 23.7 Å². The number of aromatic amines is 1. The molecule has 0 bridgehead atoms. The van der Waals surface area contributed by atoms with Gasteiger partial charge in [0.2, 0.25) is 0 Å². The number of nitrogens with one attached hydrogen (secondary N) is 1. The average Bonchev–Trinajstić information content (AvgIpc) is 3.00. The van der Waals surface area contributed by atoms with Crippen molar-refractivity contribution in [3.8, 4) is 0 Å². The Morgan fingerprint density at radius 2 is 2.08 bits per heavy atom. The summed E-state index contributed by atoms with van der Waals surface area (Å²) < 4.78 is 13.4. The number of aliphatic hydroxyl groups is 1. The van der Waals surface area contributed by atoms with Gasteiger partial charge in [-0.15, -0.1) is 0 Å². The summed E-state index contributed by atoms with van der Waals surface area (Å²) in [7, 11) is 0. The molecule has 2 aromatic heterocycles. The first kappa shape index (κ1) is 17.6. The summed E-state index contributed by atoms with van der Waals surface area (Å²) in [5.74, 6) is 0.436. The zero-order valence-electron chi connectivity index (χ0n) is 14.1. The number of halogens is 1. The van der Waals surface area contributed by atoms with Crippen molar-refractivity contribution in [1.82, 2.24) is 15.0 Å². The fraction of sp³-hybridized carbons (Fsp3) is 0.263. The van der Waals surface area contributed by atoms with Gasteiger partial charge < -0.3 is 10.1 Å². The number of rotatable bonds is 6. The lowest BCUT2D eigenvalue weighted by Crippen LogP contribution is -2.04. The monoisotopic (exact) mass is 357 g/mol. The first-order valence-corrected chi connectivity index (χ1v) is 8.94. The van der Waals surface area contributed by atoms with Crippen molar-refractivity contribution in [2.24, 2.45) is 0 Å². The van der Waals surface area contributed by atoms with Crippen molar-refractivity contribution in [3.05, 3.63) is 71.7 Å². The number of aromatic nitrogens is 3. The third-order valence-electron chi connectivity index (χ3n) is 3.75. The smallest absolute Gasteiger partial charge is 0.136 e. The molecule has 0 fully saturated rings. The maximum atomic E-state index is 13.4. The van der Waals surface area contributed by atoms with E-state index in [2.05, 4.69) is 15.0 Å². The molecule has 3 rings (SSSR count). The summed E-state index contributed by atoms with van der Waals surface area (Å²) in [5, 5.41) is 11.3. The number of benzene rings is 1. The summed E-state index contributed by atoms with van der Waals surface area (Å²) in [6.07, 6.45) is 3.12. The van der Waals surface area contributed by atoms with Crippen LogP contribution in [0, 0.1) is 5.82 Å². The van der Waals surface area contributed by atoms with E-state index < -0.39 is 6.10 Å². The molecule has 1 unspecified atom stereocenters. The summed E-state index contributed by atoms with van der Waals surface area (Å²) in [5.41, 5.74) is 1.81. The fourth-order valence-corrected chi connectivity index (χ4v) is 3.60. The number of nitrogens with zero attached hydrogens (tertiary/aromatic N) is 2. The number of hydrogen-bond donors (Lipinski definition) is 2. The molecule has 0 aliphatic rings. The number of hydrogen-bond acceptors (Lipinski definition) is 4. The maximum Gasteiger partial charge on any atom is 0.136 e. The molecule has 2 N–H and O–H groups in total. The molecule has 0 saturated carbocycles. The zero-order valence-corrected chi connectivity index (χ0v) is 14.9. The van der Waals surface area contributed by atoms with E-state index in [0.717, 1.165) is 21.2 Å². The van der Waals surface area contributed by atoms with Crippen LogP contribution in [0.3, 0.4) is 0 Å². The molecule has 0 spiro atoms. The molecule has 4 nitrogen and oxygen atoms in total. The second-order valence-corrected chi connectivity index (χ2v) is 7.22. The summed E-state index contributed by atoms with van der Waals surface area (Å²) in [6, 6.07) is 10.2. The standard InChI is InChI=1S/C19H20FN3OS/c1-12(2)17-19(25-15-7-3-6-14(20)10-15)23-18(22-17)16(24)9-13-5-4-8-21-11-13/h3-8,10-12,16,24H,9H2,1-2H3,(H,22,23). The molecular formula is C19H20FN3OS. The van der Waals surface area contributed by atoms with Crippen molar-refractivity contribution >= 4 is 11.8 Å². The van der Waals surface area contributed by atoms with Gasteiger partial charge >= 0.3 is 0 Å². The summed E-state index contributed by atoms with van der Waals surface area (Å²) in [4.78, 5) is 12.6.